The highest BCUT2D eigenvalue weighted by Gasteiger charge is 2.07. The minimum Gasteiger partial charge on any atom is -0.351 e. The zero-order valence-corrected chi connectivity index (χ0v) is 14.9. The van der Waals surface area contributed by atoms with E-state index < -0.39 is 0 Å². The number of amides is 2. The van der Waals surface area contributed by atoms with E-state index in [2.05, 4.69) is 10.6 Å². The molecule has 0 aromatic heterocycles. The van der Waals surface area contributed by atoms with Crippen molar-refractivity contribution in [3.63, 3.8) is 0 Å². The molecule has 0 atom stereocenters. The van der Waals surface area contributed by atoms with Gasteiger partial charge < -0.3 is 10.6 Å². The lowest BCUT2D eigenvalue weighted by atomic mass is 10.1. The van der Waals surface area contributed by atoms with Gasteiger partial charge in [-0.2, -0.15) is 0 Å². The first kappa shape index (κ1) is 18.4. The van der Waals surface area contributed by atoms with Gasteiger partial charge in [0.1, 0.15) is 0 Å². The van der Waals surface area contributed by atoms with Gasteiger partial charge in [-0.1, -0.05) is 35.9 Å². The summed E-state index contributed by atoms with van der Waals surface area (Å²) in [7, 11) is 0. The Hall–Kier alpha value is -1.98. The minimum absolute atomic E-state index is 0.0810. The van der Waals surface area contributed by atoms with Gasteiger partial charge in [-0.15, -0.1) is 11.8 Å². The summed E-state index contributed by atoms with van der Waals surface area (Å²) in [5.41, 5.74) is 2.93. The molecule has 24 heavy (non-hydrogen) atoms. The van der Waals surface area contributed by atoms with Gasteiger partial charge in [0, 0.05) is 17.3 Å². The van der Waals surface area contributed by atoms with Crippen LogP contribution in [0.15, 0.2) is 48.5 Å². The average molecular weight is 363 g/mol. The van der Waals surface area contributed by atoms with Gasteiger partial charge in [0.05, 0.1) is 11.5 Å². The van der Waals surface area contributed by atoms with Crippen LogP contribution in [0, 0.1) is 6.92 Å². The van der Waals surface area contributed by atoms with Gasteiger partial charge in [-0.3, -0.25) is 9.59 Å². The Morgan fingerprint density at radius 3 is 2.38 bits per heavy atom. The maximum Gasteiger partial charge on any atom is 0.234 e. The summed E-state index contributed by atoms with van der Waals surface area (Å²) in [6.07, 6.45) is 0. The Balaban J connectivity index is 1.66. The fraction of sp³-hybridized carbons (Fsp3) is 0.222. The van der Waals surface area contributed by atoms with Crippen LogP contribution < -0.4 is 10.6 Å². The fourth-order valence-corrected chi connectivity index (χ4v) is 2.79. The highest BCUT2D eigenvalue weighted by Crippen LogP contribution is 2.14. The van der Waals surface area contributed by atoms with E-state index in [0.29, 0.717) is 17.3 Å². The summed E-state index contributed by atoms with van der Waals surface area (Å²) in [5, 5.41) is 6.24. The van der Waals surface area contributed by atoms with Crippen LogP contribution in [0.25, 0.3) is 0 Å². The van der Waals surface area contributed by atoms with Crippen molar-refractivity contribution in [3.05, 3.63) is 64.7 Å². The number of benzene rings is 2. The van der Waals surface area contributed by atoms with Gasteiger partial charge in [-0.25, -0.2) is 0 Å². The lowest BCUT2D eigenvalue weighted by molar-refractivity contribution is -0.118. The van der Waals surface area contributed by atoms with Crippen molar-refractivity contribution in [2.45, 2.75) is 13.5 Å². The highest BCUT2D eigenvalue weighted by molar-refractivity contribution is 8.00. The van der Waals surface area contributed by atoms with E-state index in [4.69, 9.17) is 11.6 Å². The second-order valence-electron chi connectivity index (χ2n) is 5.25. The van der Waals surface area contributed by atoms with Crippen molar-refractivity contribution >= 4 is 40.9 Å². The SMILES string of the molecule is Cc1ccccc1CNC(=O)CSCC(=O)Nc1ccc(Cl)cc1. The van der Waals surface area contributed by atoms with Gasteiger partial charge in [-0.05, 0) is 42.3 Å². The molecule has 4 nitrogen and oxygen atoms in total. The van der Waals surface area contributed by atoms with Crippen LogP contribution in [-0.4, -0.2) is 23.3 Å². The van der Waals surface area contributed by atoms with E-state index >= 15 is 0 Å². The fourth-order valence-electron chi connectivity index (χ4n) is 2.02. The molecule has 0 unspecified atom stereocenters. The number of nitrogens with one attached hydrogen (secondary N) is 2. The van der Waals surface area contributed by atoms with Crippen LogP contribution in [-0.2, 0) is 16.1 Å². The number of anilines is 1. The highest BCUT2D eigenvalue weighted by atomic mass is 35.5. The van der Waals surface area contributed by atoms with E-state index in [1.165, 1.54) is 11.8 Å². The van der Waals surface area contributed by atoms with Crippen molar-refractivity contribution in [1.29, 1.82) is 0 Å². The maximum atomic E-state index is 11.8. The largest absolute Gasteiger partial charge is 0.351 e. The molecule has 2 amide bonds. The Morgan fingerprint density at radius 1 is 1.00 bits per heavy atom. The topological polar surface area (TPSA) is 58.2 Å². The molecule has 0 aliphatic carbocycles. The first-order valence-corrected chi connectivity index (χ1v) is 9.02. The molecule has 2 aromatic carbocycles. The van der Waals surface area contributed by atoms with Gasteiger partial charge in [0.25, 0.3) is 0 Å². The molecule has 2 rings (SSSR count). The number of aryl methyl sites for hydroxylation is 1. The number of carbonyl (C=O) groups is 2. The summed E-state index contributed by atoms with van der Waals surface area (Å²) in [6.45, 7) is 2.51. The molecule has 0 saturated heterocycles. The normalized spacial score (nSPS) is 10.2. The van der Waals surface area contributed by atoms with E-state index in [0.717, 1.165) is 11.1 Å². The molecule has 0 spiro atoms. The molecule has 0 heterocycles. The molecule has 2 aromatic rings. The Kier molecular flexibility index (Phi) is 7.15. The predicted molar refractivity (Wildman–Crippen MR) is 100 cm³/mol. The van der Waals surface area contributed by atoms with Crippen molar-refractivity contribution in [3.8, 4) is 0 Å². The van der Waals surface area contributed by atoms with Crippen molar-refractivity contribution in [2.24, 2.45) is 0 Å². The minimum atomic E-state index is -0.144. The predicted octanol–water partition coefficient (Wildman–Crippen LogP) is 3.64. The van der Waals surface area contributed by atoms with E-state index in [1.54, 1.807) is 24.3 Å². The molecule has 0 saturated carbocycles. The third kappa shape index (κ3) is 6.26. The average Bonchev–Trinajstić information content (AvgIpc) is 2.56. The van der Waals surface area contributed by atoms with E-state index in [1.807, 2.05) is 31.2 Å². The second kappa shape index (κ2) is 9.35. The van der Waals surface area contributed by atoms with Crippen LogP contribution >= 0.6 is 23.4 Å². The number of hydrogen-bond acceptors (Lipinski definition) is 3. The summed E-state index contributed by atoms with van der Waals surface area (Å²) < 4.78 is 0. The standard InChI is InChI=1S/C18H19ClN2O2S/c1-13-4-2-3-5-14(13)10-20-17(22)11-24-12-18(23)21-16-8-6-15(19)7-9-16/h2-9H,10-12H2,1H3,(H,20,22)(H,21,23). The molecule has 0 fully saturated rings. The summed E-state index contributed by atoms with van der Waals surface area (Å²) >= 11 is 7.07. The first-order chi connectivity index (χ1) is 11.5. The Morgan fingerprint density at radius 2 is 1.67 bits per heavy atom. The summed E-state index contributed by atoms with van der Waals surface area (Å²) in [5.74, 6) is 0.247. The zero-order chi connectivity index (χ0) is 17.4. The third-order valence-electron chi connectivity index (χ3n) is 3.33. The molecular weight excluding hydrogens is 344 g/mol. The Bertz CT molecular complexity index is 704. The number of carbonyl (C=O) groups excluding carboxylic acids is 2. The molecule has 0 aliphatic rings. The molecule has 126 valence electrons. The smallest absolute Gasteiger partial charge is 0.234 e. The number of rotatable bonds is 7. The van der Waals surface area contributed by atoms with Crippen molar-refractivity contribution in [2.75, 3.05) is 16.8 Å². The van der Waals surface area contributed by atoms with Gasteiger partial charge in [0.15, 0.2) is 0 Å². The monoisotopic (exact) mass is 362 g/mol. The molecule has 0 radical (unpaired) electrons. The van der Waals surface area contributed by atoms with E-state index in [-0.39, 0.29) is 23.3 Å². The number of hydrogen-bond donors (Lipinski definition) is 2. The second-order valence-corrected chi connectivity index (χ2v) is 6.67. The summed E-state index contributed by atoms with van der Waals surface area (Å²) in [6, 6.07) is 14.8. The maximum absolute atomic E-state index is 11.8. The molecule has 0 aliphatic heterocycles. The van der Waals surface area contributed by atoms with Crippen LogP contribution in [0.1, 0.15) is 11.1 Å². The van der Waals surface area contributed by atoms with E-state index in [9.17, 15) is 9.59 Å². The number of halogens is 1. The lowest BCUT2D eigenvalue weighted by Crippen LogP contribution is -2.26. The lowest BCUT2D eigenvalue weighted by Gasteiger charge is -2.08. The Labute approximate surface area is 151 Å². The number of thioether (sulfide) groups is 1. The zero-order valence-electron chi connectivity index (χ0n) is 13.3. The van der Waals surface area contributed by atoms with Crippen LogP contribution in [0.4, 0.5) is 5.69 Å². The summed E-state index contributed by atoms with van der Waals surface area (Å²) in [4.78, 5) is 23.6. The van der Waals surface area contributed by atoms with Crippen molar-refractivity contribution in [1.82, 2.24) is 5.32 Å². The van der Waals surface area contributed by atoms with Crippen molar-refractivity contribution < 1.29 is 9.59 Å². The van der Waals surface area contributed by atoms with Crippen LogP contribution in [0.5, 0.6) is 0 Å². The molecule has 6 heteroatoms. The van der Waals surface area contributed by atoms with Crippen LogP contribution in [0.3, 0.4) is 0 Å². The first-order valence-electron chi connectivity index (χ1n) is 7.49. The molecule has 2 N–H and O–H groups in total. The van der Waals surface area contributed by atoms with Crippen LogP contribution in [0.2, 0.25) is 5.02 Å². The third-order valence-corrected chi connectivity index (χ3v) is 4.52. The molecular formula is C18H19ClN2O2S. The van der Waals surface area contributed by atoms with Gasteiger partial charge >= 0.3 is 0 Å². The van der Waals surface area contributed by atoms with Gasteiger partial charge in [0.2, 0.25) is 11.8 Å². The quantitative estimate of drug-likeness (QED) is 0.790. The molecule has 0 bridgehead atoms.